The fourth-order valence-electron chi connectivity index (χ4n) is 3.88. The van der Waals surface area contributed by atoms with Crippen molar-refractivity contribution in [1.29, 1.82) is 0 Å². The summed E-state index contributed by atoms with van der Waals surface area (Å²) in [5.41, 5.74) is 2.86. The van der Waals surface area contributed by atoms with Gasteiger partial charge in [0.15, 0.2) is 14.1 Å². The molecule has 0 saturated carbocycles. The van der Waals surface area contributed by atoms with Gasteiger partial charge in [-0.3, -0.25) is 9.59 Å². The summed E-state index contributed by atoms with van der Waals surface area (Å²) in [5, 5.41) is -0.0518. The predicted molar refractivity (Wildman–Crippen MR) is 140 cm³/mol. The van der Waals surface area contributed by atoms with Crippen molar-refractivity contribution in [3.05, 3.63) is 83.2 Å². The summed E-state index contributed by atoms with van der Waals surface area (Å²) in [6, 6.07) is 6.23. The number of carbonyl (C=O) groups is 2. The third kappa shape index (κ3) is 7.71. The number of rotatable bonds is 8. The average molecular weight is 497 g/mol. The lowest BCUT2D eigenvalue weighted by atomic mass is 9.95. The smallest absolute Gasteiger partial charge is 0.306 e. The highest BCUT2D eigenvalue weighted by Crippen LogP contribution is 2.38. The van der Waals surface area contributed by atoms with Crippen molar-refractivity contribution >= 4 is 20.1 Å². The first-order chi connectivity index (χ1) is 16.4. The van der Waals surface area contributed by atoms with Gasteiger partial charge in [0.2, 0.25) is 0 Å². The van der Waals surface area contributed by atoms with Crippen LogP contribution in [0.1, 0.15) is 52.0 Å². The van der Waals surface area contributed by atoms with Crippen molar-refractivity contribution < 1.29 is 23.1 Å². The molecule has 188 valence electrons. The van der Waals surface area contributed by atoms with E-state index >= 15 is 0 Å². The maximum atomic E-state index is 13.4. The van der Waals surface area contributed by atoms with E-state index in [2.05, 4.69) is 33.9 Å². The number of allylic oxidation sites excluding steroid dienone is 6. The van der Waals surface area contributed by atoms with E-state index in [1.807, 2.05) is 30.4 Å². The lowest BCUT2D eigenvalue weighted by Crippen LogP contribution is -2.46. The molecule has 35 heavy (non-hydrogen) atoms. The number of ether oxygens (including phenoxy) is 1. The molecule has 6 heteroatoms. The molecule has 1 aliphatic heterocycles. The fraction of sp³-hybridized carbons (Fsp3) is 0.448. The average Bonchev–Trinajstić information content (AvgIpc) is 3.03. The molecule has 4 nitrogen and oxygen atoms in total. The van der Waals surface area contributed by atoms with Crippen LogP contribution in [0.2, 0.25) is 18.1 Å². The van der Waals surface area contributed by atoms with Crippen molar-refractivity contribution in [3.8, 4) is 0 Å². The number of hydrogen-bond donors (Lipinski definition) is 0. The van der Waals surface area contributed by atoms with E-state index in [1.165, 1.54) is 12.1 Å². The zero-order chi connectivity index (χ0) is 25.6. The molecule has 1 aliphatic carbocycles. The SMILES string of the molecule is CC(C)(C)[Si](C)(C)O[C@@H](Cc1ccc(F)cc1)C(=O)/C=C/C1=CC=CC=C([C@H]2CCCC(=O)O2)C1. The van der Waals surface area contributed by atoms with E-state index < -0.39 is 14.4 Å². The number of halogens is 1. The third-order valence-corrected chi connectivity index (χ3v) is 11.5. The van der Waals surface area contributed by atoms with Crippen LogP contribution in [0.3, 0.4) is 0 Å². The lowest BCUT2D eigenvalue weighted by molar-refractivity contribution is -0.151. The molecule has 2 atom stereocenters. The minimum Gasteiger partial charge on any atom is -0.458 e. The molecule has 0 bridgehead atoms. The zero-order valence-electron chi connectivity index (χ0n) is 21.5. The molecule has 1 aromatic rings. The van der Waals surface area contributed by atoms with Crippen molar-refractivity contribution in [3.63, 3.8) is 0 Å². The van der Waals surface area contributed by atoms with Gasteiger partial charge in [0.25, 0.3) is 0 Å². The number of esters is 1. The van der Waals surface area contributed by atoms with E-state index in [4.69, 9.17) is 9.16 Å². The van der Waals surface area contributed by atoms with Gasteiger partial charge in [0.1, 0.15) is 18.0 Å². The summed E-state index contributed by atoms with van der Waals surface area (Å²) >= 11 is 0. The zero-order valence-corrected chi connectivity index (χ0v) is 22.5. The molecule has 0 aromatic heterocycles. The van der Waals surface area contributed by atoms with Gasteiger partial charge in [0, 0.05) is 12.8 Å². The molecule has 0 spiro atoms. The van der Waals surface area contributed by atoms with Crippen LogP contribution in [0.5, 0.6) is 0 Å². The standard InChI is InChI=1S/C29H37FO4Si/c1-29(2,3)35(4,5)34-27(20-22-13-16-24(30)17-14-22)25(31)18-15-21-9-6-7-10-23(19-21)26-11-8-12-28(32)33-26/h6-7,9-10,13-18,26-27H,8,11-12,19-20H2,1-5H3/b18-15+/t26-,27+/m1/s1. The second-order valence-electron chi connectivity index (χ2n) is 10.8. The van der Waals surface area contributed by atoms with Gasteiger partial charge in [-0.15, -0.1) is 0 Å². The monoisotopic (exact) mass is 496 g/mol. The van der Waals surface area contributed by atoms with Gasteiger partial charge in [-0.1, -0.05) is 63.3 Å². The van der Waals surface area contributed by atoms with Gasteiger partial charge >= 0.3 is 5.97 Å². The summed E-state index contributed by atoms with van der Waals surface area (Å²) < 4.78 is 25.5. The Bertz CT molecular complexity index is 1040. The molecule has 1 saturated heterocycles. The highest BCUT2D eigenvalue weighted by Gasteiger charge is 2.40. The van der Waals surface area contributed by atoms with E-state index in [1.54, 1.807) is 18.2 Å². The number of benzene rings is 1. The molecule has 1 heterocycles. The van der Waals surface area contributed by atoms with E-state index in [0.717, 1.165) is 29.6 Å². The van der Waals surface area contributed by atoms with Crippen LogP contribution < -0.4 is 0 Å². The van der Waals surface area contributed by atoms with E-state index in [-0.39, 0.29) is 28.7 Å². The van der Waals surface area contributed by atoms with Gasteiger partial charge in [-0.25, -0.2) is 4.39 Å². The van der Waals surface area contributed by atoms with E-state index in [9.17, 15) is 14.0 Å². The molecule has 2 aliphatic rings. The highest BCUT2D eigenvalue weighted by molar-refractivity contribution is 6.74. The second-order valence-corrected chi connectivity index (χ2v) is 15.6. The van der Waals surface area contributed by atoms with Crippen LogP contribution in [0.4, 0.5) is 4.39 Å². The molecule has 0 unspecified atom stereocenters. The Morgan fingerprint density at radius 2 is 1.89 bits per heavy atom. The van der Waals surface area contributed by atoms with Crippen LogP contribution in [-0.2, 0) is 25.2 Å². The number of ketones is 1. The molecule has 0 radical (unpaired) electrons. The van der Waals surface area contributed by atoms with Crippen molar-refractivity contribution in [1.82, 2.24) is 0 Å². The highest BCUT2D eigenvalue weighted by atomic mass is 28.4. The largest absolute Gasteiger partial charge is 0.458 e. The Hall–Kier alpha value is -2.57. The summed E-state index contributed by atoms with van der Waals surface area (Å²) in [6.45, 7) is 10.7. The minimum absolute atomic E-state index is 0.0518. The Balaban J connectivity index is 1.76. The van der Waals surface area contributed by atoms with Gasteiger partial charge in [-0.2, -0.15) is 0 Å². The lowest BCUT2D eigenvalue weighted by Gasteiger charge is -2.38. The maximum absolute atomic E-state index is 13.4. The first kappa shape index (κ1) is 27.0. The van der Waals surface area contributed by atoms with Crippen LogP contribution in [0.25, 0.3) is 0 Å². The first-order valence-electron chi connectivity index (χ1n) is 12.3. The minimum atomic E-state index is -2.22. The third-order valence-electron chi connectivity index (χ3n) is 7.03. The Morgan fingerprint density at radius 1 is 1.20 bits per heavy atom. The van der Waals surface area contributed by atoms with Crippen LogP contribution in [0, 0.1) is 5.82 Å². The summed E-state index contributed by atoms with van der Waals surface area (Å²) in [7, 11) is -2.22. The number of carbonyl (C=O) groups excluding carboxylic acids is 2. The molecule has 1 aromatic carbocycles. The molecular weight excluding hydrogens is 459 g/mol. The van der Waals surface area contributed by atoms with E-state index in [0.29, 0.717) is 19.3 Å². The van der Waals surface area contributed by atoms with Crippen molar-refractivity contribution in [2.75, 3.05) is 0 Å². The van der Waals surface area contributed by atoms with Gasteiger partial charge in [0.05, 0.1) is 0 Å². The molecule has 0 N–H and O–H groups in total. The van der Waals surface area contributed by atoms with Gasteiger partial charge < -0.3 is 9.16 Å². The molecule has 1 fully saturated rings. The topological polar surface area (TPSA) is 52.6 Å². The predicted octanol–water partition coefficient (Wildman–Crippen LogP) is 6.79. The number of hydrogen-bond acceptors (Lipinski definition) is 4. The Morgan fingerprint density at radius 3 is 2.54 bits per heavy atom. The van der Waals surface area contributed by atoms with Gasteiger partial charge in [-0.05, 0) is 72.3 Å². The number of cyclic esters (lactones) is 1. The van der Waals surface area contributed by atoms with Crippen LogP contribution >= 0.6 is 0 Å². The van der Waals surface area contributed by atoms with Crippen LogP contribution in [-0.4, -0.2) is 32.3 Å². The first-order valence-corrected chi connectivity index (χ1v) is 15.3. The molecular formula is C29H37FO4Si. The Kier molecular flexibility index (Phi) is 8.83. The maximum Gasteiger partial charge on any atom is 0.306 e. The van der Waals surface area contributed by atoms with Crippen LogP contribution in [0.15, 0.2) is 71.9 Å². The Labute approximate surface area is 209 Å². The normalized spacial score (nSPS) is 20.2. The molecule has 0 amide bonds. The molecule has 3 rings (SSSR count). The fourth-order valence-corrected chi connectivity index (χ4v) is 5.15. The quantitative estimate of drug-likeness (QED) is 0.226. The summed E-state index contributed by atoms with van der Waals surface area (Å²) in [6.07, 6.45) is 13.5. The summed E-state index contributed by atoms with van der Waals surface area (Å²) in [5.74, 6) is -0.566. The second kappa shape index (κ2) is 11.4. The van der Waals surface area contributed by atoms with Crippen molar-refractivity contribution in [2.45, 2.75) is 83.2 Å². The van der Waals surface area contributed by atoms with Crippen molar-refractivity contribution in [2.24, 2.45) is 0 Å². The summed E-state index contributed by atoms with van der Waals surface area (Å²) in [4.78, 5) is 25.1.